The number of amides is 1. The van der Waals surface area contributed by atoms with Crippen LogP contribution in [0.25, 0.3) is 5.82 Å². The van der Waals surface area contributed by atoms with Crippen molar-refractivity contribution in [3.05, 3.63) is 94.7 Å². The summed E-state index contributed by atoms with van der Waals surface area (Å²) in [7, 11) is 0. The molecule has 0 aliphatic heterocycles. The normalized spacial score (nSPS) is 11.8. The van der Waals surface area contributed by atoms with Gasteiger partial charge in [0.25, 0.3) is 5.91 Å². The maximum atomic E-state index is 13.3. The number of hydrogen-bond acceptors (Lipinski definition) is 6. The first kappa shape index (κ1) is 22.4. The lowest BCUT2D eigenvalue weighted by Crippen LogP contribution is -2.33. The number of nitrogens with zero attached hydrogens (tertiary/aromatic N) is 4. The summed E-state index contributed by atoms with van der Waals surface area (Å²) < 4.78 is 14.8. The van der Waals surface area contributed by atoms with Crippen LogP contribution in [0, 0.1) is 12.7 Å². The van der Waals surface area contributed by atoms with Gasteiger partial charge in [0.15, 0.2) is 5.82 Å². The molecular formula is C23H21ClFN7O. The van der Waals surface area contributed by atoms with Crippen LogP contribution in [-0.4, -0.2) is 32.2 Å². The molecule has 1 amide bonds. The number of nitrogens with two attached hydrogens (primary N) is 1. The second-order valence-electron chi connectivity index (χ2n) is 7.30. The molecule has 4 rings (SSSR count). The average Bonchev–Trinajstić information content (AvgIpc) is 3.31. The number of aromatic nitrogens is 4. The monoisotopic (exact) mass is 465 g/mol. The molecule has 168 valence electrons. The van der Waals surface area contributed by atoms with Gasteiger partial charge in [-0.1, -0.05) is 41.9 Å². The maximum absolute atomic E-state index is 13.3. The van der Waals surface area contributed by atoms with Crippen LogP contribution in [0.5, 0.6) is 0 Å². The Bertz CT molecular complexity index is 1280. The third-order valence-corrected chi connectivity index (χ3v) is 5.24. The van der Waals surface area contributed by atoms with Crippen LogP contribution in [-0.2, 0) is 0 Å². The smallest absolute Gasteiger partial charge is 0.255 e. The summed E-state index contributed by atoms with van der Waals surface area (Å²) in [5.41, 5.74) is 8.34. The highest BCUT2D eigenvalue weighted by atomic mass is 35.5. The van der Waals surface area contributed by atoms with Crippen molar-refractivity contribution >= 4 is 29.1 Å². The summed E-state index contributed by atoms with van der Waals surface area (Å²) in [6, 6.07) is 13.2. The van der Waals surface area contributed by atoms with Crippen molar-refractivity contribution in [2.45, 2.75) is 13.0 Å². The summed E-state index contributed by atoms with van der Waals surface area (Å²) in [6.07, 6.45) is 4.65. The van der Waals surface area contributed by atoms with E-state index in [4.69, 9.17) is 17.3 Å². The number of anilines is 2. The fourth-order valence-electron chi connectivity index (χ4n) is 3.20. The molecule has 2 aromatic heterocycles. The van der Waals surface area contributed by atoms with Gasteiger partial charge in [-0.25, -0.2) is 14.1 Å². The Labute approximate surface area is 194 Å². The van der Waals surface area contributed by atoms with Gasteiger partial charge in [-0.2, -0.15) is 10.1 Å². The van der Waals surface area contributed by atoms with E-state index < -0.39 is 5.82 Å². The first-order valence-electron chi connectivity index (χ1n) is 10.1. The largest absolute Gasteiger partial charge is 0.344 e. The Morgan fingerprint density at radius 3 is 2.73 bits per heavy atom. The molecule has 0 radical (unpaired) electrons. The molecule has 0 fully saturated rings. The molecule has 10 heteroatoms. The Morgan fingerprint density at radius 2 is 2.00 bits per heavy atom. The number of rotatable bonds is 7. The van der Waals surface area contributed by atoms with Gasteiger partial charge >= 0.3 is 0 Å². The molecule has 4 N–H and O–H groups in total. The van der Waals surface area contributed by atoms with Crippen molar-refractivity contribution in [1.29, 1.82) is 0 Å². The zero-order chi connectivity index (χ0) is 23.4. The highest BCUT2D eigenvalue weighted by molar-refractivity contribution is 6.33. The van der Waals surface area contributed by atoms with Gasteiger partial charge in [-0.15, -0.1) is 0 Å². The van der Waals surface area contributed by atoms with Crippen molar-refractivity contribution in [1.82, 2.24) is 25.1 Å². The van der Waals surface area contributed by atoms with Crippen LogP contribution in [0.15, 0.2) is 67.1 Å². The number of carbonyl (C=O) groups excluding carboxylic acids is 1. The molecule has 1 atom stereocenters. The summed E-state index contributed by atoms with van der Waals surface area (Å²) in [5, 5.41) is 10.4. The molecule has 4 aromatic rings. The van der Waals surface area contributed by atoms with Gasteiger partial charge in [0.2, 0.25) is 5.95 Å². The fraction of sp³-hybridized carbons (Fsp3) is 0.130. The van der Waals surface area contributed by atoms with Gasteiger partial charge in [0.05, 0.1) is 28.5 Å². The van der Waals surface area contributed by atoms with Crippen LogP contribution < -0.4 is 16.4 Å². The number of aryl methyl sites for hydroxylation is 1. The molecule has 2 aromatic carbocycles. The van der Waals surface area contributed by atoms with E-state index in [0.29, 0.717) is 17.1 Å². The third-order valence-electron chi connectivity index (χ3n) is 4.93. The van der Waals surface area contributed by atoms with E-state index in [2.05, 4.69) is 25.7 Å². The van der Waals surface area contributed by atoms with E-state index in [1.807, 2.05) is 37.3 Å². The van der Waals surface area contributed by atoms with Crippen LogP contribution in [0.1, 0.15) is 27.5 Å². The van der Waals surface area contributed by atoms with Crippen molar-refractivity contribution in [3.8, 4) is 5.82 Å². The molecule has 0 saturated heterocycles. The molecular weight excluding hydrogens is 445 g/mol. The molecule has 0 bridgehead atoms. The Morgan fingerprint density at radius 1 is 1.21 bits per heavy atom. The molecule has 8 nitrogen and oxygen atoms in total. The summed E-state index contributed by atoms with van der Waals surface area (Å²) in [5.74, 6) is -0.0210. The lowest BCUT2D eigenvalue weighted by Gasteiger charge is -2.16. The van der Waals surface area contributed by atoms with Crippen molar-refractivity contribution in [2.24, 2.45) is 5.73 Å². The van der Waals surface area contributed by atoms with E-state index in [1.54, 1.807) is 12.4 Å². The highest BCUT2D eigenvalue weighted by Gasteiger charge is 2.17. The highest BCUT2D eigenvalue weighted by Crippen LogP contribution is 2.25. The second kappa shape index (κ2) is 9.76. The molecule has 0 spiro atoms. The Balaban J connectivity index is 1.54. The fourth-order valence-corrected chi connectivity index (χ4v) is 3.41. The van der Waals surface area contributed by atoms with E-state index in [0.717, 1.165) is 11.1 Å². The Hall–Kier alpha value is -3.82. The maximum Gasteiger partial charge on any atom is 0.255 e. The lowest BCUT2D eigenvalue weighted by atomic mass is 10.1. The summed E-state index contributed by atoms with van der Waals surface area (Å²) >= 11 is 6.07. The SMILES string of the molecule is Cc1cnc(Nc2ccc(F)cc2Cl)nc1-n1cc(C(=O)NC(CN)c2ccccc2)cn1. The van der Waals surface area contributed by atoms with Crippen LogP contribution in [0.4, 0.5) is 16.0 Å². The summed E-state index contributed by atoms with van der Waals surface area (Å²) in [6.45, 7) is 2.08. The van der Waals surface area contributed by atoms with Crippen LogP contribution in [0.2, 0.25) is 5.02 Å². The van der Waals surface area contributed by atoms with Gasteiger partial charge in [0.1, 0.15) is 5.82 Å². The van der Waals surface area contributed by atoms with Crippen LogP contribution >= 0.6 is 11.6 Å². The number of hydrogen-bond donors (Lipinski definition) is 3. The van der Waals surface area contributed by atoms with Gasteiger partial charge < -0.3 is 16.4 Å². The van der Waals surface area contributed by atoms with Crippen molar-refractivity contribution in [3.63, 3.8) is 0 Å². The Kier molecular flexibility index (Phi) is 6.62. The predicted octanol–water partition coefficient (Wildman–Crippen LogP) is 3.94. The number of nitrogens with one attached hydrogen (secondary N) is 2. The second-order valence-corrected chi connectivity index (χ2v) is 7.70. The van der Waals surface area contributed by atoms with Gasteiger partial charge in [-0.05, 0) is 30.7 Å². The van der Waals surface area contributed by atoms with E-state index in [-0.39, 0.29) is 29.5 Å². The standard InChI is InChI=1S/C23H21ClFN7O/c1-14-11-27-23(30-19-8-7-17(25)9-18(19)24)31-21(14)32-13-16(12-28-32)22(33)29-20(10-26)15-5-3-2-4-6-15/h2-9,11-13,20H,10,26H2,1H3,(H,29,33)(H,27,30,31). The minimum Gasteiger partial charge on any atom is -0.344 e. The topological polar surface area (TPSA) is 111 Å². The molecule has 2 heterocycles. The van der Waals surface area contributed by atoms with E-state index in [9.17, 15) is 9.18 Å². The quantitative estimate of drug-likeness (QED) is 0.381. The van der Waals surface area contributed by atoms with E-state index in [1.165, 1.54) is 29.1 Å². The molecule has 0 aliphatic carbocycles. The molecule has 0 saturated carbocycles. The van der Waals surface area contributed by atoms with Crippen molar-refractivity contribution < 1.29 is 9.18 Å². The first-order chi connectivity index (χ1) is 15.9. The predicted molar refractivity (Wildman–Crippen MR) is 124 cm³/mol. The lowest BCUT2D eigenvalue weighted by molar-refractivity contribution is 0.0938. The molecule has 1 unspecified atom stereocenters. The van der Waals surface area contributed by atoms with Gasteiger partial charge in [-0.3, -0.25) is 4.79 Å². The number of carbonyl (C=O) groups is 1. The van der Waals surface area contributed by atoms with Crippen LogP contribution in [0.3, 0.4) is 0 Å². The molecule has 0 aliphatic rings. The minimum absolute atomic E-state index is 0.201. The van der Waals surface area contributed by atoms with Gasteiger partial charge in [0, 0.05) is 24.5 Å². The third kappa shape index (κ3) is 5.16. The number of benzene rings is 2. The first-order valence-corrected chi connectivity index (χ1v) is 10.5. The average molecular weight is 466 g/mol. The molecule has 33 heavy (non-hydrogen) atoms. The zero-order valence-electron chi connectivity index (χ0n) is 17.7. The van der Waals surface area contributed by atoms with E-state index >= 15 is 0 Å². The minimum atomic E-state index is -0.442. The summed E-state index contributed by atoms with van der Waals surface area (Å²) in [4.78, 5) is 21.5. The number of halogens is 2. The zero-order valence-corrected chi connectivity index (χ0v) is 18.4. The van der Waals surface area contributed by atoms with Crippen molar-refractivity contribution in [2.75, 3.05) is 11.9 Å².